The zero-order valence-corrected chi connectivity index (χ0v) is 11.4. The Balaban J connectivity index is 2.19. The van der Waals surface area contributed by atoms with Gasteiger partial charge in [0.1, 0.15) is 0 Å². The summed E-state index contributed by atoms with van der Waals surface area (Å²) in [5, 5.41) is 3.02. The molecule has 0 heterocycles. The second-order valence-electron chi connectivity index (χ2n) is 4.85. The molecule has 0 bridgehead atoms. The minimum atomic E-state index is 0.000893. The van der Waals surface area contributed by atoms with E-state index in [2.05, 4.69) is 48.6 Å². The third kappa shape index (κ3) is 3.95. The standard InChI is InChI=1S/C17H19NO/c1-13-8-10-15(11-9-13)12-17(18-14(2)19)16-6-4-3-5-7-16/h3-11,17H,12H2,1-2H3,(H,18,19). The number of hydrogen-bond acceptors (Lipinski definition) is 1. The molecule has 2 aromatic rings. The number of carbonyl (C=O) groups is 1. The van der Waals surface area contributed by atoms with Crippen LogP contribution in [0.1, 0.15) is 29.7 Å². The van der Waals surface area contributed by atoms with Gasteiger partial charge in [-0.15, -0.1) is 0 Å². The maximum atomic E-state index is 11.4. The summed E-state index contributed by atoms with van der Waals surface area (Å²) in [6.45, 7) is 3.64. The fourth-order valence-electron chi connectivity index (χ4n) is 2.14. The van der Waals surface area contributed by atoms with Crippen molar-refractivity contribution >= 4 is 5.91 Å². The van der Waals surface area contributed by atoms with E-state index >= 15 is 0 Å². The number of benzene rings is 2. The molecule has 98 valence electrons. The van der Waals surface area contributed by atoms with E-state index in [0.717, 1.165) is 12.0 Å². The first kappa shape index (κ1) is 13.3. The van der Waals surface area contributed by atoms with Gasteiger partial charge >= 0.3 is 0 Å². The molecule has 1 amide bonds. The Hall–Kier alpha value is -2.09. The van der Waals surface area contributed by atoms with Crippen LogP contribution in [0, 0.1) is 6.92 Å². The number of hydrogen-bond donors (Lipinski definition) is 1. The summed E-state index contributed by atoms with van der Waals surface area (Å²) in [5.41, 5.74) is 3.62. The summed E-state index contributed by atoms with van der Waals surface area (Å²) in [7, 11) is 0. The molecular formula is C17H19NO. The van der Waals surface area contributed by atoms with E-state index in [0.29, 0.717) is 0 Å². The lowest BCUT2D eigenvalue weighted by molar-refractivity contribution is -0.119. The monoisotopic (exact) mass is 253 g/mol. The second-order valence-corrected chi connectivity index (χ2v) is 4.85. The van der Waals surface area contributed by atoms with Crippen molar-refractivity contribution in [2.45, 2.75) is 26.3 Å². The molecule has 0 fully saturated rings. The maximum Gasteiger partial charge on any atom is 0.217 e. The fraction of sp³-hybridized carbons (Fsp3) is 0.235. The van der Waals surface area contributed by atoms with Crippen molar-refractivity contribution in [2.75, 3.05) is 0 Å². The van der Waals surface area contributed by atoms with E-state index in [1.165, 1.54) is 11.1 Å². The smallest absolute Gasteiger partial charge is 0.217 e. The number of aryl methyl sites for hydroxylation is 1. The van der Waals surface area contributed by atoms with Gasteiger partial charge in [-0.3, -0.25) is 4.79 Å². The van der Waals surface area contributed by atoms with Gasteiger partial charge in [-0.25, -0.2) is 0 Å². The fourth-order valence-corrected chi connectivity index (χ4v) is 2.14. The topological polar surface area (TPSA) is 29.1 Å². The highest BCUT2D eigenvalue weighted by molar-refractivity contribution is 5.73. The largest absolute Gasteiger partial charge is 0.349 e. The van der Waals surface area contributed by atoms with Crippen LogP contribution in [0.2, 0.25) is 0 Å². The average molecular weight is 253 g/mol. The Morgan fingerprint density at radius 1 is 1.05 bits per heavy atom. The van der Waals surface area contributed by atoms with Crippen LogP contribution in [0.25, 0.3) is 0 Å². The van der Waals surface area contributed by atoms with Crippen molar-refractivity contribution in [3.63, 3.8) is 0 Å². The molecule has 0 aromatic heterocycles. The summed E-state index contributed by atoms with van der Waals surface area (Å²) in [5.74, 6) is 0.000893. The molecule has 0 aliphatic heterocycles. The van der Waals surface area contributed by atoms with Gasteiger partial charge in [-0.1, -0.05) is 60.2 Å². The Labute approximate surface area is 114 Å². The molecule has 1 N–H and O–H groups in total. The first-order chi connectivity index (χ1) is 9.15. The molecule has 0 spiro atoms. The first-order valence-corrected chi connectivity index (χ1v) is 6.53. The summed E-state index contributed by atoms with van der Waals surface area (Å²) in [6, 6.07) is 18.6. The normalized spacial score (nSPS) is 11.9. The van der Waals surface area contributed by atoms with Crippen LogP contribution in [-0.2, 0) is 11.2 Å². The molecule has 2 nitrogen and oxygen atoms in total. The van der Waals surface area contributed by atoms with E-state index in [1.54, 1.807) is 6.92 Å². The minimum absolute atomic E-state index is 0.000893. The van der Waals surface area contributed by atoms with Gasteiger partial charge < -0.3 is 5.32 Å². The van der Waals surface area contributed by atoms with Crippen molar-refractivity contribution in [1.82, 2.24) is 5.32 Å². The quantitative estimate of drug-likeness (QED) is 0.888. The summed E-state index contributed by atoms with van der Waals surface area (Å²) in [6.07, 6.45) is 0.809. The Morgan fingerprint density at radius 3 is 2.26 bits per heavy atom. The molecule has 0 aliphatic carbocycles. The molecule has 2 aromatic carbocycles. The van der Waals surface area contributed by atoms with Crippen LogP contribution in [0.4, 0.5) is 0 Å². The van der Waals surface area contributed by atoms with Crippen molar-refractivity contribution in [3.8, 4) is 0 Å². The van der Waals surface area contributed by atoms with Crippen LogP contribution < -0.4 is 5.32 Å². The van der Waals surface area contributed by atoms with Crippen molar-refractivity contribution in [1.29, 1.82) is 0 Å². The number of nitrogens with one attached hydrogen (secondary N) is 1. The summed E-state index contributed by atoms with van der Waals surface area (Å²) >= 11 is 0. The lowest BCUT2D eigenvalue weighted by Gasteiger charge is -2.18. The Kier molecular flexibility index (Phi) is 4.35. The molecule has 1 unspecified atom stereocenters. The molecule has 2 rings (SSSR count). The van der Waals surface area contributed by atoms with E-state index < -0.39 is 0 Å². The molecule has 1 atom stereocenters. The molecule has 19 heavy (non-hydrogen) atoms. The molecular weight excluding hydrogens is 234 g/mol. The third-order valence-electron chi connectivity index (χ3n) is 3.14. The second kappa shape index (κ2) is 6.19. The lowest BCUT2D eigenvalue weighted by atomic mass is 9.98. The summed E-state index contributed by atoms with van der Waals surface area (Å²) < 4.78 is 0. The van der Waals surface area contributed by atoms with Crippen LogP contribution in [0.15, 0.2) is 54.6 Å². The van der Waals surface area contributed by atoms with E-state index in [-0.39, 0.29) is 11.9 Å². The predicted molar refractivity (Wildman–Crippen MR) is 77.9 cm³/mol. The lowest BCUT2D eigenvalue weighted by Crippen LogP contribution is -2.27. The number of carbonyl (C=O) groups excluding carboxylic acids is 1. The highest BCUT2D eigenvalue weighted by atomic mass is 16.1. The highest BCUT2D eigenvalue weighted by Gasteiger charge is 2.12. The molecule has 0 saturated heterocycles. The van der Waals surface area contributed by atoms with Gasteiger partial charge in [-0.05, 0) is 24.5 Å². The SMILES string of the molecule is CC(=O)NC(Cc1ccc(C)cc1)c1ccccc1. The zero-order valence-electron chi connectivity index (χ0n) is 11.4. The van der Waals surface area contributed by atoms with Gasteiger partial charge in [0.05, 0.1) is 6.04 Å². The third-order valence-corrected chi connectivity index (χ3v) is 3.14. The van der Waals surface area contributed by atoms with Crippen LogP contribution >= 0.6 is 0 Å². The Morgan fingerprint density at radius 2 is 1.68 bits per heavy atom. The Bertz CT molecular complexity index is 531. The molecule has 0 radical (unpaired) electrons. The zero-order chi connectivity index (χ0) is 13.7. The highest BCUT2D eigenvalue weighted by Crippen LogP contribution is 2.18. The van der Waals surface area contributed by atoms with Gasteiger partial charge in [0.15, 0.2) is 0 Å². The first-order valence-electron chi connectivity index (χ1n) is 6.53. The van der Waals surface area contributed by atoms with E-state index in [1.807, 2.05) is 18.2 Å². The van der Waals surface area contributed by atoms with E-state index in [9.17, 15) is 4.79 Å². The minimum Gasteiger partial charge on any atom is -0.349 e. The van der Waals surface area contributed by atoms with Gasteiger partial charge in [0.25, 0.3) is 0 Å². The number of amides is 1. The maximum absolute atomic E-state index is 11.4. The van der Waals surface area contributed by atoms with Gasteiger partial charge in [0, 0.05) is 6.92 Å². The van der Waals surface area contributed by atoms with Crippen LogP contribution in [0.3, 0.4) is 0 Å². The van der Waals surface area contributed by atoms with Crippen LogP contribution in [-0.4, -0.2) is 5.91 Å². The van der Waals surface area contributed by atoms with Crippen molar-refractivity contribution in [3.05, 3.63) is 71.3 Å². The van der Waals surface area contributed by atoms with Gasteiger partial charge in [-0.2, -0.15) is 0 Å². The van der Waals surface area contributed by atoms with E-state index in [4.69, 9.17) is 0 Å². The summed E-state index contributed by atoms with van der Waals surface area (Å²) in [4.78, 5) is 11.4. The van der Waals surface area contributed by atoms with Crippen LogP contribution in [0.5, 0.6) is 0 Å². The molecule has 0 saturated carbocycles. The van der Waals surface area contributed by atoms with Crippen molar-refractivity contribution < 1.29 is 4.79 Å². The average Bonchev–Trinajstić information content (AvgIpc) is 2.41. The predicted octanol–water partition coefficient (Wildman–Crippen LogP) is 3.41. The molecule has 0 aliphatic rings. The number of rotatable bonds is 4. The van der Waals surface area contributed by atoms with Gasteiger partial charge in [0.2, 0.25) is 5.91 Å². The van der Waals surface area contributed by atoms with Crippen molar-refractivity contribution in [2.24, 2.45) is 0 Å². The molecule has 2 heteroatoms.